The molecule has 1 amide bonds. The molecule has 2 aromatic carbocycles. The zero-order chi connectivity index (χ0) is 24.4. The molecule has 1 aromatic heterocycles. The van der Waals surface area contributed by atoms with Crippen molar-refractivity contribution < 1.29 is 23.8 Å². The highest BCUT2D eigenvalue weighted by molar-refractivity contribution is 6.46. The van der Waals surface area contributed by atoms with Gasteiger partial charge >= 0.3 is 0 Å². The Bertz CT molecular complexity index is 1260. The highest BCUT2D eigenvalue weighted by Crippen LogP contribution is 2.41. The van der Waals surface area contributed by atoms with Crippen LogP contribution in [0, 0.1) is 5.82 Å². The lowest BCUT2D eigenvalue weighted by Crippen LogP contribution is -2.29. The maximum absolute atomic E-state index is 14.3. The minimum atomic E-state index is -0.852. The van der Waals surface area contributed by atoms with Crippen LogP contribution in [-0.4, -0.2) is 47.9 Å². The van der Waals surface area contributed by atoms with Crippen LogP contribution >= 0.6 is 0 Å². The van der Waals surface area contributed by atoms with Crippen molar-refractivity contribution in [2.24, 2.45) is 0 Å². The average Bonchev–Trinajstić information content (AvgIpc) is 3.09. The molecule has 1 atom stereocenters. The standard InChI is InChI=1S/C26H24FN3O4/c1-29(2)19-7-4-17(5-8-19)23-22(24(31)18-6-9-21(34-3)20(27)14-18)25(32)26(33)30(23)15-16-10-12-28-13-11-16/h4-14,23,31H,15H2,1-3H3. The number of aliphatic hydroxyl groups is 1. The van der Waals surface area contributed by atoms with Crippen molar-refractivity contribution in [3.63, 3.8) is 0 Å². The molecule has 34 heavy (non-hydrogen) atoms. The molecule has 0 radical (unpaired) electrons. The van der Waals surface area contributed by atoms with Crippen molar-refractivity contribution in [3.05, 3.63) is 95.1 Å². The Balaban J connectivity index is 1.85. The lowest BCUT2D eigenvalue weighted by Gasteiger charge is -2.26. The van der Waals surface area contributed by atoms with E-state index in [1.165, 1.54) is 24.1 Å². The summed E-state index contributed by atoms with van der Waals surface area (Å²) < 4.78 is 19.3. The molecule has 0 bridgehead atoms. The van der Waals surface area contributed by atoms with Crippen molar-refractivity contribution in [1.29, 1.82) is 0 Å². The third-order valence-corrected chi connectivity index (χ3v) is 5.79. The van der Waals surface area contributed by atoms with Gasteiger partial charge in [-0.2, -0.15) is 0 Å². The number of hydrogen-bond acceptors (Lipinski definition) is 6. The van der Waals surface area contributed by atoms with Crippen LogP contribution in [0.15, 0.2) is 72.6 Å². The molecule has 0 aliphatic carbocycles. The predicted molar refractivity (Wildman–Crippen MR) is 126 cm³/mol. The van der Waals surface area contributed by atoms with Gasteiger partial charge in [0.2, 0.25) is 0 Å². The molecule has 174 valence electrons. The van der Waals surface area contributed by atoms with Crippen molar-refractivity contribution in [1.82, 2.24) is 9.88 Å². The van der Waals surface area contributed by atoms with Gasteiger partial charge in [-0.3, -0.25) is 14.6 Å². The van der Waals surface area contributed by atoms with Gasteiger partial charge in [0.05, 0.1) is 18.7 Å². The number of pyridine rings is 1. The van der Waals surface area contributed by atoms with Crippen LogP contribution < -0.4 is 9.64 Å². The topological polar surface area (TPSA) is 83.0 Å². The number of carbonyl (C=O) groups excluding carboxylic acids is 2. The fourth-order valence-electron chi connectivity index (χ4n) is 4.00. The van der Waals surface area contributed by atoms with Crippen LogP contribution in [0.2, 0.25) is 0 Å². The summed E-state index contributed by atoms with van der Waals surface area (Å²) in [7, 11) is 5.14. The van der Waals surface area contributed by atoms with E-state index >= 15 is 0 Å². The van der Waals surface area contributed by atoms with E-state index in [0.717, 1.165) is 17.3 Å². The van der Waals surface area contributed by atoms with E-state index in [0.29, 0.717) is 5.56 Å². The summed E-state index contributed by atoms with van der Waals surface area (Å²) in [5.74, 6) is -2.70. The number of nitrogens with zero attached hydrogens (tertiary/aromatic N) is 3. The maximum atomic E-state index is 14.3. The summed E-state index contributed by atoms with van der Waals surface area (Å²) in [6.07, 6.45) is 3.21. The highest BCUT2D eigenvalue weighted by Gasteiger charge is 2.46. The number of anilines is 1. The third kappa shape index (κ3) is 4.22. The Hall–Kier alpha value is -4.20. The van der Waals surface area contributed by atoms with E-state index in [1.807, 2.05) is 43.3 Å². The van der Waals surface area contributed by atoms with E-state index in [-0.39, 0.29) is 23.4 Å². The zero-order valence-corrected chi connectivity index (χ0v) is 19.0. The van der Waals surface area contributed by atoms with Gasteiger partial charge in [0.15, 0.2) is 11.6 Å². The van der Waals surface area contributed by atoms with E-state index in [1.54, 1.807) is 24.5 Å². The van der Waals surface area contributed by atoms with Gasteiger partial charge in [-0.25, -0.2) is 4.39 Å². The number of hydrogen-bond donors (Lipinski definition) is 1. The predicted octanol–water partition coefficient (Wildman–Crippen LogP) is 3.92. The lowest BCUT2D eigenvalue weighted by atomic mass is 9.95. The van der Waals surface area contributed by atoms with Crippen LogP contribution in [-0.2, 0) is 16.1 Å². The van der Waals surface area contributed by atoms with Crippen LogP contribution in [0.5, 0.6) is 5.75 Å². The molecule has 1 N–H and O–H groups in total. The van der Waals surface area contributed by atoms with Crippen molar-refractivity contribution in [2.75, 3.05) is 26.1 Å². The lowest BCUT2D eigenvalue weighted by molar-refractivity contribution is -0.140. The first-order chi connectivity index (χ1) is 16.3. The molecule has 1 aliphatic rings. The molecule has 1 fully saturated rings. The second-order valence-corrected chi connectivity index (χ2v) is 8.12. The van der Waals surface area contributed by atoms with Crippen LogP contribution in [0.25, 0.3) is 5.76 Å². The highest BCUT2D eigenvalue weighted by atomic mass is 19.1. The summed E-state index contributed by atoms with van der Waals surface area (Å²) >= 11 is 0. The molecular weight excluding hydrogens is 437 g/mol. The first-order valence-electron chi connectivity index (χ1n) is 10.6. The number of likely N-dealkylation sites (tertiary alicyclic amines) is 1. The molecule has 8 heteroatoms. The van der Waals surface area contributed by atoms with Gasteiger partial charge in [-0.1, -0.05) is 12.1 Å². The van der Waals surface area contributed by atoms with Crippen LogP contribution in [0.1, 0.15) is 22.7 Å². The molecule has 1 aliphatic heterocycles. The Kier molecular flexibility index (Phi) is 6.32. The molecule has 0 saturated carbocycles. The van der Waals surface area contributed by atoms with Gasteiger partial charge in [-0.15, -0.1) is 0 Å². The number of halogens is 1. The average molecular weight is 461 g/mol. The number of benzene rings is 2. The molecule has 0 spiro atoms. The van der Waals surface area contributed by atoms with E-state index < -0.39 is 29.3 Å². The van der Waals surface area contributed by atoms with Gasteiger partial charge in [0, 0.05) is 44.3 Å². The third-order valence-electron chi connectivity index (χ3n) is 5.79. The number of aromatic nitrogens is 1. The Labute approximate surface area is 196 Å². The number of carbonyl (C=O) groups is 2. The maximum Gasteiger partial charge on any atom is 0.295 e. The van der Waals surface area contributed by atoms with Crippen molar-refractivity contribution >= 4 is 23.1 Å². The molecular formula is C26H24FN3O4. The van der Waals surface area contributed by atoms with Gasteiger partial charge in [0.25, 0.3) is 11.7 Å². The molecule has 3 aromatic rings. The minimum absolute atomic E-state index is 0.00510. The summed E-state index contributed by atoms with van der Waals surface area (Å²) in [5.41, 5.74) is 2.35. The Morgan fingerprint density at radius 2 is 1.76 bits per heavy atom. The molecule has 2 heterocycles. The fourth-order valence-corrected chi connectivity index (χ4v) is 4.00. The van der Waals surface area contributed by atoms with Gasteiger partial charge < -0.3 is 19.6 Å². The molecule has 1 unspecified atom stereocenters. The normalized spacial score (nSPS) is 17.2. The molecule has 1 saturated heterocycles. The number of amides is 1. The number of aliphatic hydroxyl groups excluding tert-OH is 1. The van der Waals surface area contributed by atoms with E-state index in [2.05, 4.69) is 4.98 Å². The smallest absolute Gasteiger partial charge is 0.295 e. The quantitative estimate of drug-likeness (QED) is 0.340. The van der Waals surface area contributed by atoms with E-state index in [4.69, 9.17) is 4.74 Å². The van der Waals surface area contributed by atoms with E-state index in [9.17, 15) is 19.1 Å². The van der Waals surface area contributed by atoms with Crippen LogP contribution in [0.3, 0.4) is 0 Å². The number of ether oxygens (including phenoxy) is 1. The van der Waals surface area contributed by atoms with Crippen molar-refractivity contribution in [3.8, 4) is 5.75 Å². The number of rotatable bonds is 6. The minimum Gasteiger partial charge on any atom is -0.507 e. The largest absolute Gasteiger partial charge is 0.507 e. The summed E-state index contributed by atoms with van der Waals surface area (Å²) in [6, 6.07) is 13.9. The number of methoxy groups -OCH3 is 1. The Morgan fingerprint density at radius 3 is 2.35 bits per heavy atom. The monoisotopic (exact) mass is 461 g/mol. The van der Waals surface area contributed by atoms with Gasteiger partial charge in [-0.05, 0) is 53.6 Å². The first kappa shape index (κ1) is 23.0. The Morgan fingerprint density at radius 1 is 1.09 bits per heavy atom. The number of Topliss-reactive ketones (excluding diaryl/α,β-unsaturated/α-hetero) is 1. The fraction of sp³-hybridized carbons (Fsp3) is 0.192. The first-order valence-corrected chi connectivity index (χ1v) is 10.6. The van der Waals surface area contributed by atoms with Gasteiger partial charge in [0.1, 0.15) is 5.76 Å². The molecule has 4 rings (SSSR count). The van der Waals surface area contributed by atoms with Crippen molar-refractivity contribution in [2.45, 2.75) is 12.6 Å². The zero-order valence-electron chi connectivity index (χ0n) is 19.0. The summed E-state index contributed by atoms with van der Waals surface area (Å²) in [6.45, 7) is 0.140. The second kappa shape index (κ2) is 9.35. The number of ketones is 1. The SMILES string of the molecule is COc1ccc(C(O)=C2C(=O)C(=O)N(Cc3ccncc3)C2c2ccc(N(C)C)cc2)cc1F. The molecule has 7 nitrogen and oxygen atoms in total. The second-order valence-electron chi connectivity index (χ2n) is 8.12. The van der Waals surface area contributed by atoms with Crippen LogP contribution in [0.4, 0.5) is 10.1 Å². The summed E-state index contributed by atoms with van der Waals surface area (Å²) in [4.78, 5) is 33.6. The summed E-state index contributed by atoms with van der Waals surface area (Å²) in [5, 5.41) is 11.1.